The Bertz CT molecular complexity index is 554. The van der Waals surface area contributed by atoms with E-state index in [2.05, 4.69) is 61.8 Å². The minimum atomic E-state index is 0.0227. The zero-order chi connectivity index (χ0) is 14.3. The van der Waals surface area contributed by atoms with Crippen LogP contribution in [0.15, 0.2) is 12.4 Å². The molecule has 0 unspecified atom stereocenters. The standard InChI is InChI=1S/C14H22N4S/c1-13(2,3)10-8-15-11(17-10)9-7-16-12(19-9)18-14(4,5)6/h7-8H,1-6H3,(H,15,17)(H,16,18). The number of hydrogen-bond donors (Lipinski definition) is 2. The second-order valence-corrected chi connectivity index (χ2v) is 7.83. The summed E-state index contributed by atoms with van der Waals surface area (Å²) in [4.78, 5) is 13.3. The third-order valence-electron chi connectivity index (χ3n) is 2.60. The lowest BCUT2D eigenvalue weighted by molar-refractivity contribution is 0.573. The van der Waals surface area contributed by atoms with E-state index in [0.717, 1.165) is 21.5 Å². The SMILES string of the molecule is CC(C)(C)Nc1ncc(-c2ncc(C(C)(C)C)[nH]2)s1. The van der Waals surface area contributed by atoms with E-state index in [1.165, 1.54) is 0 Å². The minimum Gasteiger partial charge on any atom is -0.357 e. The summed E-state index contributed by atoms with van der Waals surface area (Å²) in [5.41, 5.74) is 1.25. The van der Waals surface area contributed by atoms with Crippen molar-refractivity contribution in [1.29, 1.82) is 0 Å². The van der Waals surface area contributed by atoms with Crippen LogP contribution >= 0.6 is 11.3 Å². The number of rotatable bonds is 2. The van der Waals surface area contributed by atoms with E-state index < -0.39 is 0 Å². The van der Waals surface area contributed by atoms with Crippen molar-refractivity contribution in [1.82, 2.24) is 15.0 Å². The molecule has 0 aromatic carbocycles. The van der Waals surface area contributed by atoms with Crippen LogP contribution < -0.4 is 5.32 Å². The zero-order valence-electron chi connectivity index (χ0n) is 12.5. The molecule has 2 aromatic heterocycles. The van der Waals surface area contributed by atoms with Crippen LogP contribution in [-0.4, -0.2) is 20.5 Å². The quantitative estimate of drug-likeness (QED) is 0.871. The van der Waals surface area contributed by atoms with Gasteiger partial charge in [-0.2, -0.15) is 0 Å². The summed E-state index contributed by atoms with van der Waals surface area (Å²) in [5.74, 6) is 0.893. The maximum Gasteiger partial charge on any atom is 0.183 e. The molecular weight excluding hydrogens is 256 g/mol. The van der Waals surface area contributed by atoms with Crippen molar-refractivity contribution in [3.05, 3.63) is 18.1 Å². The third kappa shape index (κ3) is 3.56. The molecular formula is C14H22N4S. The van der Waals surface area contributed by atoms with E-state index in [1.807, 2.05) is 12.4 Å². The monoisotopic (exact) mass is 278 g/mol. The van der Waals surface area contributed by atoms with E-state index in [4.69, 9.17) is 0 Å². The number of hydrogen-bond acceptors (Lipinski definition) is 4. The first-order chi connectivity index (χ1) is 8.65. The van der Waals surface area contributed by atoms with Gasteiger partial charge in [0.25, 0.3) is 0 Å². The minimum absolute atomic E-state index is 0.0227. The van der Waals surface area contributed by atoms with Crippen molar-refractivity contribution in [2.24, 2.45) is 0 Å². The Kier molecular flexibility index (Phi) is 3.43. The number of nitrogens with zero attached hydrogens (tertiary/aromatic N) is 2. The van der Waals surface area contributed by atoms with Gasteiger partial charge in [0.1, 0.15) is 5.82 Å². The molecule has 104 valence electrons. The van der Waals surface area contributed by atoms with Gasteiger partial charge in [-0.25, -0.2) is 9.97 Å². The fraction of sp³-hybridized carbons (Fsp3) is 0.571. The molecule has 0 atom stereocenters. The molecule has 2 rings (SSSR count). The van der Waals surface area contributed by atoms with Crippen molar-refractivity contribution in [3.63, 3.8) is 0 Å². The van der Waals surface area contributed by atoms with Gasteiger partial charge in [0.2, 0.25) is 0 Å². The first-order valence-electron chi connectivity index (χ1n) is 6.45. The topological polar surface area (TPSA) is 53.6 Å². The van der Waals surface area contributed by atoms with Crippen LogP contribution in [0.2, 0.25) is 0 Å². The normalized spacial score (nSPS) is 12.7. The van der Waals surface area contributed by atoms with Crippen LogP contribution in [0.4, 0.5) is 5.13 Å². The van der Waals surface area contributed by atoms with E-state index in [1.54, 1.807) is 11.3 Å². The fourth-order valence-corrected chi connectivity index (χ4v) is 2.57. The first kappa shape index (κ1) is 14.1. The van der Waals surface area contributed by atoms with Crippen LogP contribution in [0, 0.1) is 0 Å². The van der Waals surface area contributed by atoms with E-state index >= 15 is 0 Å². The van der Waals surface area contributed by atoms with E-state index in [-0.39, 0.29) is 11.0 Å². The number of aromatic amines is 1. The van der Waals surface area contributed by atoms with Gasteiger partial charge < -0.3 is 10.3 Å². The first-order valence-corrected chi connectivity index (χ1v) is 7.27. The fourth-order valence-electron chi connectivity index (χ4n) is 1.59. The Morgan fingerprint density at radius 2 is 1.74 bits per heavy atom. The predicted octanol–water partition coefficient (Wildman–Crippen LogP) is 4.04. The molecule has 0 aliphatic heterocycles. The maximum atomic E-state index is 4.45. The van der Waals surface area contributed by atoms with Crippen LogP contribution in [0.1, 0.15) is 47.2 Å². The molecule has 0 aliphatic rings. The molecule has 4 nitrogen and oxygen atoms in total. The Morgan fingerprint density at radius 1 is 1.05 bits per heavy atom. The summed E-state index contributed by atoms with van der Waals surface area (Å²) in [6, 6.07) is 0. The van der Waals surface area contributed by atoms with E-state index in [9.17, 15) is 0 Å². The number of imidazole rings is 1. The van der Waals surface area contributed by atoms with Gasteiger partial charge in [-0.1, -0.05) is 32.1 Å². The summed E-state index contributed by atoms with van der Waals surface area (Å²) in [6.45, 7) is 12.9. The lowest BCUT2D eigenvalue weighted by Gasteiger charge is -2.19. The maximum absolute atomic E-state index is 4.45. The predicted molar refractivity (Wildman–Crippen MR) is 81.8 cm³/mol. The van der Waals surface area contributed by atoms with E-state index in [0.29, 0.717) is 0 Å². The van der Waals surface area contributed by atoms with Gasteiger partial charge in [0, 0.05) is 22.8 Å². The number of H-pyrrole nitrogens is 1. The van der Waals surface area contributed by atoms with Crippen LogP contribution in [0.25, 0.3) is 10.7 Å². The zero-order valence-corrected chi connectivity index (χ0v) is 13.3. The molecule has 0 saturated carbocycles. The second kappa shape index (κ2) is 4.63. The molecule has 0 amide bonds. The molecule has 19 heavy (non-hydrogen) atoms. The van der Waals surface area contributed by atoms with Gasteiger partial charge in [-0.15, -0.1) is 0 Å². The molecule has 2 aromatic rings. The van der Waals surface area contributed by atoms with Crippen molar-refractivity contribution >= 4 is 16.5 Å². The summed E-state index contributed by atoms with van der Waals surface area (Å²) in [5, 5.41) is 4.30. The van der Waals surface area contributed by atoms with Gasteiger partial charge in [0.15, 0.2) is 5.13 Å². The highest BCUT2D eigenvalue weighted by Gasteiger charge is 2.18. The van der Waals surface area contributed by atoms with Crippen molar-refractivity contribution in [2.75, 3.05) is 5.32 Å². The van der Waals surface area contributed by atoms with Gasteiger partial charge in [0.05, 0.1) is 11.1 Å². The molecule has 0 bridgehead atoms. The molecule has 2 N–H and O–H groups in total. The Hall–Kier alpha value is -1.36. The van der Waals surface area contributed by atoms with Crippen molar-refractivity contribution in [3.8, 4) is 10.7 Å². The third-order valence-corrected chi connectivity index (χ3v) is 3.52. The van der Waals surface area contributed by atoms with Crippen molar-refractivity contribution < 1.29 is 0 Å². The van der Waals surface area contributed by atoms with Crippen LogP contribution in [0.5, 0.6) is 0 Å². The highest BCUT2D eigenvalue weighted by atomic mass is 32.1. The average Bonchev–Trinajstić information content (AvgIpc) is 2.80. The average molecular weight is 278 g/mol. The number of aromatic nitrogens is 3. The van der Waals surface area contributed by atoms with Gasteiger partial charge in [-0.05, 0) is 20.8 Å². The number of thiazole rings is 1. The van der Waals surface area contributed by atoms with Gasteiger partial charge >= 0.3 is 0 Å². The molecule has 0 spiro atoms. The summed E-state index contributed by atoms with van der Waals surface area (Å²) in [7, 11) is 0. The molecule has 0 fully saturated rings. The Morgan fingerprint density at radius 3 is 2.26 bits per heavy atom. The summed E-state index contributed by atoms with van der Waals surface area (Å²) >= 11 is 1.62. The van der Waals surface area contributed by atoms with Gasteiger partial charge in [-0.3, -0.25) is 0 Å². The largest absolute Gasteiger partial charge is 0.357 e. The lowest BCUT2D eigenvalue weighted by Crippen LogP contribution is -2.25. The highest BCUT2D eigenvalue weighted by molar-refractivity contribution is 7.18. The Labute approximate surface area is 118 Å². The van der Waals surface area contributed by atoms with Crippen molar-refractivity contribution in [2.45, 2.75) is 52.5 Å². The van der Waals surface area contributed by atoms with Crippen LogP contribution in [0.3, 0.4) is 0 Å². The summed E-state index contributed by atoms with van der Waals surface area (Å²) in [6.07, 6.45) is 3.77. The molecule has 0 radical (unpaired) electrons. The molecule has 0 aliphatic carbocycles. The van der Waals surface area contributed by atoms with Crippen LogP contribution in [-0.2, 0) is 5.41 Å². The molecule has 5 heteroatoms. The Balaban J connectivity index is 2.21. The second-order valence-electron chi connectivity index (χ2n) is 6.80. The molecule has 0 saturated heterocycles. The highest BCUT2D eigenvalue weighted by Crippen LogP contribution is 2.30. The number of nitrogens with one attached hydrogen (secondary N) is 2. The lowest BCUT2D eigenvalue weighted by atomic mass is 9.93. The number of anilines is 1. The molecule has 2 heterocycles. The smallest absolute Gasteiger partial charge is 0.183 e. The summed E-state index contributed by atoms with van der Waals surface area (Å²) < 4.78 is 0.